The highest BCUT2D eigenvalue weighted by atomic mass is 35.5. The molecule has 0 fully saturated rings. The number of allylic oxidation sites excluding steroid dienone is 3. The molecule has 0 saturated carbocycles. The Morgan fingerprint density at radius 1 is 1.28 bits per heavy atom. The molecule has 0 amide bonds. The average molecular weight is 259 g/mol. The summed E-state index contributed by atoms with van der Waals surface area (Å²) in [6, 6.07) is 9.84. The van der Waals surface area contributed by atoms with E-state index in [1.165, 1.54) is 0 Å². The van der Waals surface area contributed by atoms with E-state index in [4.69, 9.17) is 17.0 Å². The quantitative estimate of drug-likeness (QED) is 0.868. The number of nitrogens with one attached hydrogen (secondary N) is 1. The van der Waals surface area contributed by atoms with Crippen LogP contribution >= 0.6 is 11.6 Å². The van der Waals surface area contributed by atoms with Crippen LogP contribution < -0.4 is 4.90 Å². The van der Waals surface area contributed by atoms with Crippen molar-refractivity contribution < 1.29 is 0 Å². The summed E-state index contributed by atoms with van der Waals surface area (Å²) in [5, 5.41) is 8.58. The Balaban J connectivity index is 2.35. The smallest absolute Gasteiger partial charge is 0.0951 e. The molecule has 1 N–H and O–H groups in total. The molecular weight excluding hydrogens is 244 g/mol. The van der Waals surface area contributed by atoms with Crippen LogP contribution in [0.3, 0.4) is 0 Å². The highest BCUT2D eigenvalue weighted by molar-refractivity contribution is 6.44. The number of para-hydroxylation sites is 1. The van der Waals surface area contributed by atoms with Gasteiger partial charge in [0.1, 0.15) is 0 Å². The van der Waals surface area contributed by atoms with Crippen molar-refractivity contribution in [3.63, 3.8) is 0 Å². The van der Waals surface area contributed by atoms with Gasteiger partial charge in [0.2, 0.25) is 0 Å². The number of hydrogen-bond donors (Lipinski definition) is 1. The zero-order valence-corrected chi connectivity index (χ0v) is 10.9. The number of benzene rings is 1. The summed E-state index contributed by atoms with van der Waals surface area (Å²) < 4.78 is 0. The van der Waals surface area contributed by atoms with Crippen LogP contribution in [0.1, 0.15) is 6.92 Å². The fourth-order valence-corrected chi connectivity index (χ4v) is 2.09. The molecule has 3 heteroatoms. The third-order valence-corrected chi connectivity index (χ3v) is 3.08. The molecule has 0 heterocycles. The third-order valence-electron chi connectivity index (χ3n) is 2.75. The first kappa shape index (κ1) is 12.7. The van der Waals surface area contributed by atoms with Crippen molar-refractivity contribution in [1.29, 1.82) is 5.41 Å². The lowest BCUT2D eigenvalue weighted by Crippen LogP contribution is -2.37. The van der Waals surface area contributed by atoms with Gasteiger partial charge in [-0.3, -0.25) is 0 Å². The molecule has 1 atom stereocenters. The Morgan fingerprint density at radius 3 is 2.67 bits per heavy atom. The summed E-state index contributed by atoms with van der Waals surface area (Å²) in [6.07, 6.45) is 9.54. The van der Waals surface area contributed by atoms with Gasteiger partial charge in [-0.2, -0.15) is 0 Å². The van der Waals surface area contributed by atoms with E-state index in [2.05, 4.69) is 0 Å². The van der Waals surface area contributed by atoms with E-state index in [1.54, 1.807) is 6.08 Å². The van der Waals surface area contributed by atoms with Gasteiger partial charge in [0, 0.05) is 11.9 Å². The number of hydrogen-bond acceptors (Lipinski definition) is 2. The van der Waals surface area contributed by atoms with Gasteiger partial charge < -0.3 is 10.3 Å². The lowest BCUT2D eigenvalue weighted by Gasteiger charge is -2.30. The fourth-order valence-electron chi connectivity index (χ4n) is 1.90. The molecule has 0 bridgehead atoms. The van der Waals surface area contributed by atoms with Gasteiger partial charge in [-0.1, -0.05) is 48.0 Å². The van der Waals surface area contributed by atoms with Gasteiger partial charge in [-0.15, -0.1) is 0 Å². The second-order valence-electron chi connectivity index (χ2n) is 3.98. The van der Waals surface area contributed by atoms with E-state index < -0.39 is 0 Å². The first-order chi connectivity index (χ1) is 8.74. The summed E-state index contributed by atoms with van der Waals surface area (Å²) >= 11 is 6.03. The van der Waals surface area contributed by atoms with Crippen LogP contribution in [0.5, 0.6) is 0 Å². The molecule has 18 heavy (non-hydrogen) atoms. The van der Waals surface area contributed by atoms with E-state index in [9.17, 15) is 0 Å². The molecule has 0 radical (unpaired) electrons. The van der Waals surface area contributed by atoms with Crippen LogP contribution in [0.2, 0.25) is 0 Å². The van der Waals surface area contributed by atoms with Gasteiger partial charge in [-0.05, 0) is 25.1 Å². The Bertz CT molecular complexity index is 515. The largest absolute Gasteiger partial charge is 0.336 e. The van der Waals surface area contributed by atoms with Gasteiger partial charge >= 0.3 is 0 Å². The maximum absolute atomic E-state index is 8.08. The predicted octanol–water partition coefficient (Wildman–Crippen LogP) is 4.11. The van der Waals surface area contributed by atoms with Crippen molar-refractivity contribution >= 4 is 23.0 Å². The van der Waals surface area contributed by atoms with E-state index in [0.717, 1.165) is 5.69 Å². The zero-order valence-electron chi connectivity index (χ0n) is 10.2. The van der Waals surface area contributed by atoms with Crippen LogP contribution in [-0.4, -0.2) is 11.8 Å². The van der Waals surface area contributed by atoms with Crippen LogP contribution in [0.25, 0.3) is 0 Å². The average Bonchev–Trinajstić information content (AvgIpc) is 2.41. The zero-order chi connectivity index (χ0) is 13.0. The lowest BCUT2D eigenvalue weighted by molar-refractivity contribution is 0.962. The number of nitrogens with zero attached hydrogens (tertiary/aromatic N) is 1. The van der Waals surface area contributed by atoms with Gasteiger partial charge in [-0.25, -0.2) is 0 Å². The lowest BCUT2D eigenvalue weighted by atomic mass is 10.0. The van der Waals surface area contributed by atoms with Crippen molar-refractivity contribution in [1.82, 2.24) is 0 Å². The minimum absolute atomic E-state index is 0.152. The highest BCUT2D eigenvalue weighted by Gasteiger charge is 2.22. The first-order valence-corrected chi connectivity index (χ1v) is 6.21. The summed E-state index contributed by atoms with van der Waals surface area (Å²) in [7, 11) is 0. The monoisotopic (exact) mass is 258 g/mol. The normalized spacial score (nSPS) is 19.1. The summed E-state index contributed by atoms with van der Waals surface area (Å²) in [5.74, 6) is 0. The van der Waals surface area contributed by atoms with Gasteiger partial charge in [0.25, 0.3) is 0 Å². The van der Waals surface area contributed by atoms with Crippen LogP contribution in [0.15, 0.2) is 65.9 Å². The van der Waals surface area contributed by atoms with Crippen molar-refractivity contribution in [2.24, 2.45) is 0 Å². The van der Waals surface area contributed by atoms with E-state index >= 15 is 0 Å². The molecule has 0 spiro atoms. The molecule has 92 valence electrons. The van der Waals surface area contributed by atoms with E-state index in [1.807, 2.05) is 66.6 Å². The van der Waals surface area contributed by atoms with Crippen LogP contribution in [-0.2, 0) is 0 Å². The minimum atomic E-state index is -0.152. The van der Waals surface area contributed by atoms with Gasteiger partial charge in [0.15, 0.2) is 0 Å². The second kappa shape index (κ2) is 5.69. The van der Waals surface area contributed by atoms with E-state index in [0.29, 0.717) is 10.7 Å². The molecule has 0 aromatic heterocycles. The van der Waals surface area contributed by atoms with Crippen LogP contribution in [0.4, 0.5) is 5.69 Å². The molecule has 1 aromatic rings. The minimum Gasteiger partial charge on any atom is -0.336 e. The predicted molar refractivity (Wildman–Crippen MR) is 78.3 cm³/mol. The van der Waals surface area contributed by atoms with Crippen molar-refractivity contribution in [2.45, 2.75) is 13.0 Å². The molecule has 1 aliphatic rings. The molecular formula is C15H15ClN2. The Labute approximate surface area is 112 Å². The second-order valence-corrected chi connectivity index (χ2v) is 4.39. The Morgan fingerprint density at radius 2 is 2.00 bits per heavy atom. The van der Waals surface area contributed by atoms with Gasteiger partial charge in [0.05, 0.1) is 16.8 Å². The SMILES string of the molecule is CC=CN(c1ccccc1)C1C=CC=C(Cl)C1=N. The molecule has 2 nitrogen and oxygen atoms in total. The fraction of sp³-hybridized carbons (Fsp3) is 0.133. The maximum atomic E-state index is 8.08. The Kier molecular flexibility index (Phi) is 4.00. The third kappa shape index (κ3) is 2.54. The molecule has 1 aliphatic carbocycles. The maximum Gasteiger partial charge on any atom is 0.0951 e. The highest BCUT2D eigenvalue weighted by Crippen LogP contribution is 2.23. The summed E-state index contributed by atoms with van der Waals surface area (Å²) in [4.78, 5) is 2.04. The van der Waals surface area contributed by atoms with Crippen molar-refractivity contribution in [3.8, 4) is 0 Å². The Hall–Kier alpha value is -1.80. The number of anilines is 1. The topological polar surface area (TPSA) is 27.1 Å². The molecule has 2 rings (SSSR count). The molecule has 0 saturated heterocycles. The van der Waals surface area contributed by atoms with Crippen molar-refractivity contribution in [2.75, 3.05) is 4.90 Å². The molecule has 0 aliphatic heterocycles. The molecule has 1 unspecified atom stereocenters. The standard InChI is InChI=1S/C15H15ClN2/c1-2-11-18(12-7-4-3-5-8-12)14-10-6-9-13(16)15(14)17/h2-11,14,17H,1H3. The van der Waals surface area contributed by atoms with Crippen LogP contribution in [0, 0.1) is 5.41 Å². The molecule has 1 aromatic carbocycles. The van der Waals surface area contributed by atoms with E-state index in [-0.39, 0.29) is 6.04 Å². The number of halogens is 1. The first-order valence-electron chi connectivity index (χ1n) is 5.83. The van der Waals surface area contributed by atoms with Crippen molar-refractivity contribution in [3.05, 3.63) is 65.9 Å². The number of rotatable bonds is 3. The summed E-state index contributed by atoms with van der Waals surface area (Å²) in [6.45, 7) is 1.96. The summed E-state index contributed by atoms with van der Waals surface area (Å²) in [5.41, 5.74) is 1.46.